The van der Waals surface area contributed by atoms with Crippen molar-refractivity contribution in [2.24, 2.45) is 7.05 Å². The van der Waals surface area contributed by atoms with Gasteiger partial charge in [-0.3, -0.25) is 4.79 Å². The number of amides is 1. The first-order valence-corrected chi connectivity index (χ1v) is 15.6. The molecule has 41 heavy (non-hydrogen) atoms. The van der Waals surface area contributed by atoms with Crippen LogP contribution >= 0.6 is 0 Å². The minimum Gasteiger partial charge on any atom is -0.334 e. The Morgan fingerprint density at radius 1 is 1.07 bits per heavy atom. The summed E-state index contributed by atoms with van der Waals surface area (Å²) >= 11 is 0. The van der Waals surface area contributed by atoms with Crippen LogP contribution in [-0.2, 0) is 34.8 Å². The van der Waals surface area contributed by atoms with E-state index in [1.54, 1.807) is 12.1 Å². The Morgan fingerprint density at radius 2 is 1.80 bits per heavy atom. The number of imidazole rings is 1. The zero-order valence-electron chi connectivity index (χ0n) is 24.2. The highest BCUT2D eigenvalue weighted by atomic mass is 32.2. The Bertz CT molecular complexity index is 1630. The molecule has 0 spiro atoms. The van der Waals surface area contributed by atoms with Crippen LogP contribution in [0.3, 0.4) is 0 Å². The van der Waals surface area contributed by atoms with Crippen molar-refractivity contribution in [3.63, 3.8) is 0 Å². The summed E-state index contributed by atoms with van der Waals surface area (Å²) in [7, 11) is -1.75. The Balaban J connectivity index is 1.47. The molecule has 3 aromatic carbocycles. The first-order valence-electron chi connectivity index (χ1n) is 14.2. The number of sulfonamides is 1. The van der Waals surface area contributed by atoms with Crippen LogP contribution in [0.4, 0.5) is 5.69 Å². The molecule has 1 aliphatic rings. The summed E-state index contributed by atoms with van der Waals surface area (Å²) in [5.74, 6) is 0.931. The number of benzene rings is 3. The molecule has 1 N–H and O–H groups in total. The number of hydrogen-bond acceptors (Lipinski definition) is 4. The van der Waals surface area contributed by atoms with Gasteiger partial charge in [-0.2, -0.15) is 0 Å². The molecular formula is C33H38N4O3S. The molecule has 0 fully saturated rings. The van der Waals surface area contributed by atoms with Gasteiger partial charge in [0, 0.05) is 25.2 Å². The third-order valence-electron chi connectivity index (χ3n) is 8.17. The van der Waals surface area contributed by atoms with E-state index in [-0.39, 0.29) is 22.8 Å². The van der Waals surface area contributed by atoms with Crippen LogP contribution in [0.25, 0.3) is 0 Å². The van der Waals surface area contributed by atoms with Gasteiger partial charge in [0.25, 0.3) is 0 Å². The lowest BCUT2D eigenvalue weighted by molar-refractivity contribution is -0.119. The lowest BCUT2D eigenvalue weighted by atomic mass is 9.87. The van der Waals surface area contributed by atoms with Crippen LogP contribution in [0, 0.1) is 13.8 Å². The van der Waals surface area contributed by atoms with Crippen molar-refractivity contribution in [1.82, 2.24) is 14.3 Å². The van der Waals surface area contributed by atoms with E-state index in [2.05, 4.69) is 28.8 Å². The molecule has 1 aliphatic carbocycles. The number of hydrogen-bond donors (Lipinski definition) is 1. The number of rotatable bonds is 9. The number of aryl methyl sites for hydroxylation is 3. The van der Waals surface area contributed by atoms with E-state index in [1.807, 2.05) is 85.1 Å². The first kappa shape index (κ1) is 28.8. The molecule has 8 heteroatoms. The third kappa shape index (κ3) is 6.44. The highest BCUT2D eigenvalue weighted by Crippen LogP contribution is 2.35. The Morgan fingerprint density at radius 3 is 2.49 bits per heavy atom. The molecule has 214 valence electrons. The van der Waals surface area contributed by atoms with Crippen molar-refractivity contribution in [1.29, 1.82) is 0 Å². The monoisotopic (exact) mass is 570 g/mol. The van der Waals surface area contributed by atoms with Gasteiger partial charge in [-0.25, -0.2) is 18.1 Å². The van der Waals surface area contributed by atoms with Gasteiger partial charge in [-0.15, -0.1) is 0 Å². The van der Waals surface area contributed by atoms with E-state index in [0.717, 1.165) is 52.3 Å². The summed E-state index contributed by atoms with van der Waals surface area (Å²) in [6.45, 7) is 6.32. The number of anilines is 1. The predicted octanol–water partition coefficient (Wildman–Crippen LogP) is 6.12. The van der Waals surface area contributed by atoms with Gasteiger partial charge in [0.15, 0.2) is 0 Å². The Kier molecular flexibility index (Phi) is 8.42. The summed E-state index contributed by atoms with van der Waals surface area (Å²) < 4.78 is 31.6. The van der Waals surface area contributed by atoms with Gasteiger partial charge in [-0.05, 0) is 80.0 Å². The second-order valence-corrected chi connectivity index (χ2v) is 12.8. The molecule has 5 rings (SSSR count). The standard InChI is InChI=1S/C33H38N4O3S/c1-23-13-17-30(18-14-23)41(39,40)35-32-12-8-11-27-15-16-28(20-31(27)32)37(22-29-21-34-25(3)36(29)4)33(38)19-24(2)26-9-6-5-7-10-26/h5-7,9-10,13-18,20-21,24,32,35H,8,11-12,19,22H2,1-4H3/t24-,32-/m1/s1. The van der Waals surface area contributed by atoms with Crippen molar-refractivity contribution in [2.45, 2.75) is 69.9 Å². The average Bonchev–Trinajstić information content (AvgIpc) is 3.28. The topological polar surface area (TPSA) is 84.3 Å². The first-order chi connectivity index (χ1) is 19.6. The summed E-state index contributed by atoms with van der Waals surface area (Å²) in [5, 5.41) is 0. The number of aromatic nitrogens is 2. The molecular weight excluding hydrogens is 532 g/mol. The Labute approximate surface area is 243 Å². The average molecular weight is 571 g/mol. The minimum absolute atomic E-state index is 0.00718. The van der Waals surface area contributed by atoms with Crippen LogP contribution in [-0.4, -0.2) is 23.9 Å². The highest BCUT2D eigenvalue weighted by molar-refractivity contribution is 7.89. The van der Waals surface area contributed by atoms with Crippen molar-refractivity contribution in [2.75, 3.05) is 4.90 Å². The van der Waals surface area contributed by atoms with Gasteiger partial charge in [0.2, 0.25) is 15.9 Å². The molecule has 4 aromatic rings. The van der Waals surface area contributed by atoms with Gasteiger partial charge in [0.05, 0.1) is 23.3 Å². The summed E-state index contributed by atoms with van der Waals surface area (Å²) in [6.07, 6.45) is 4.62. The van der Waals surface area contributed by atoms with E-state index in [4.69, 9.17) is 0 Å². The fourth-order valence-electron chi connectivity index (χ4n) is 5.50. The quantitative estimate of drug-likeness (QED) is 0.263. The number of carbonyl (C=O) groups is 1. The van der Waals surface area contributed by atoms with Crippen LogP contribution in [0.2, 0.25) is 0 Å². The molecule has 0 bridgehead atoms. The van der Waals surface area contributed by atoms with E-state index in [1.165, 1.54) is 0 Å². The summed E-state index contributed by atoms with van der Waals surface area (Å²) in [6, 6.07) is 22.6. The smallest absolute Gasteiger partial charge is 0.241 e. The maximum absolute atomic E-state index is 13.9. The van der Waals surface area contributed by atoms with E-state index < -0.39 is 10.0 Å². The van der Waals surface area contributed by atoms with Crippen LogP contribution < -0.4 is 9.62 Å². The summed E-state index contributed by atoms with van der Waals surface area (Å²) in [5.41, 5.74) is 5.85. The maximum atomic E-state index is 13.9. The SMILES string of the molecule is Cc1ccc(S(=O)(=O)N[C@@H]2CCCc3ccc(N(Cc4cnc(C)n4C)C(=O)C[C@@H](C)c4ccccc4)cc32)cc1. The van der Waals surface area contributed by atoms with Crippen molar-refractivity contribution >= 4 is 21.6 Å². The number of nitrogens with zero attached hydrogens (tertiary/aromatic N) is 3. The van der Waals surface area contributed by atoms with E-state index in [0.29, 0.717) is 19.4 Å². The fraction of sp³-hybridized carbons (Fsp3) is 0.333. The van der Waals surface area contributed by atoms with Crippen molar-refractivity contribution < 1.29 is 13.2 Å². The van der Waals surface area contributed by atoms with Gasteiger partial charge in [-0.1, -0.05) is 61.0 Å². The van der Waals surface area contributed by atoms with E-state index >= 15 is 0 Å². The largest absolute Gasteiger partial charge is 0.334 e. The molecule has 1 amide bonds. The molecule has 0 aliphatic heterocycles. The Hall–Kier alpha value is -3.75. The molecule has 2 atom stereocenters. The molecule has 0 radical (unpaired) electrons. The van der Waals surface area contributed by atoms with E-state index in [9.17, 15) is 13.2 Å². The molecule has 7 nitrogen and oxygen atoms in total. The third-order valence-corrected chi connectivity index (χ3v) is 9.66. The number of fused-ring (bicyclic) bond motifs is 1. The van der Waals surface area contributed by atoms with Gasteiger partial charge in [0.1, 0.15) is 5.82 Å². The number of carbonyl (C=O) groups excluding carboxylic acids is 1. The maximum Gasteiger partial charge on any atom is 0.241 e. The van der Waals surface area contributed by atoms with Gasteiger partial charge >= 0.3 is 0 Å². The lowest BCUT2D eigenvalue weighted by Gasteiger charge is -2.30. The van der Waals surface area contributed by atoms with Crippen LogP contribution in [0.1, 0.15) is 71.9 Å². The van der Waals surface area contributed by atoms with Crippen LogP contribution in [0.15, 0.2) is 83.9 Å². The van der Waals surface area contributed by atoms with Crippen LogP contribution in [0.5, 0.6) is 0 Å². The second-order valence-electron chi connectivity index (χ2n) is 11.1. The van der Waals surface area contributed by atoms with Gasteiger partial charge < -0.3 is 9.47 Å². The normalized spacial score (nSPS) is 15.8. The molecule has 1 heterocycles. The number of nitrogens with one attached hydrogen (secondary N) is 1. The highest BCUT2D eigenvalue weighted by Gasteiger charge is 2.28. The molecule has 0 saturated carbocycles. The predicted molar refractivity (Wildman–Crippen MR) is 162 cm³/mol. The lowest BCUT2D eigenvalue weighted by Crippen LogP contribution is -2.33. The summed E-state index contributed by atoms with van der Waals surface area (Å²) in [4.78, 5) is 20.4. The molecule has 1 aromatic heterocycles. The molecule has 0 saturated heterocycles. The van der Waals surface area contributed by atoms with Crippen molar-refractivity contribution in [3.8, 4) is 0 Å². The zero-order chi connectivity index (χ0) is 29.1. The minimum atomic E-state index is -3.71. The zero-order valence-corrected chi connectivity index (χ0v) is 25.0. The van der Waals surface area contributed by atoms with Crippen molar-refractivity contribution in [3.05, 3.63) is 113 Å². The second kappa shape index (κ2) is 12.0. The molecule has 0 unspecified atom stereocenters. The fourth-order valence-corrected chi connectivity index (χ4v) is 6.75.